The zero-order valence-electron chi connectivity index (χ0n) is 15.0. The number of fused-ring (bicyclic) bond motifs is 1. The molecule has 8 heteroatoms. The van der Waals surface area contributed by atoms with Gasteiger partial charge in [-0.15, -0.1) is 0 Å². The Morgan fingerprint density at radius 3 is 2.59 bits per heavy atom. The molecule has 0 fully saturated rings. The van der Waals surface area contributed by atoms with Crippen molar-refractivity contribution in [3.05, 3.63) is 98.7 Å². The van der Waals surface area contributed by atoms with Gasteiger partial charge in [0.2, 0.25) is 0 Å². The highest BCUT2D eigenvalue weighted by Gasteiger charge is 2.13. The van der Waals surface area contributed by atoms with E-state index in [1.165, 1.54) is 16.7 Å². The van der Waals surface area contributed by atoms with Gasteiger partial charge in [0.05, 0.1) is 15.8 Å². The van der Waals surface area contributed by atoms with Crippen LogP contribution in [0, 0.1) is 10.1 Å². The standard InChI is InChI=1S/C21H14N4O4/c26-16-5-3-4-14(12-16)8-10-20-23-18-7-2-1-6-17(18)21(27)24(20)19-11-9-15(13-22-19)25(28)29/h1-13,26H/b10-8+. The van der Waals surface area contributed by atoms with E-state index in [0.29, 0.717) is 16.7 Å². The number of pyridine rings is 1. The molecule has 0 amide bonds. The van der Waals surface area contributed by atoms with E-state index in [0.717, 1.165) is 11.8 Å². The van der Waals surface area contributed by atoms with Crippen molar-refractivity contribution in [2.75, 3.05) is 0 Å². The highest BCUT2D eigenvalue weighted by molar-refractivity contribution is 5.80. The van der Waals surface area contributed by atoms with Crippen LogP contribution in [-0.2, 0) is 0 Å². The van der Waals surface area contributed by atoms with Crippen LogP contribution in [0.3, 0.4) is 0 Å². The SMILES string of the molecule is O=c1c2ccccc2nc(/C=C/c2cccc(O)c2)n1-c1ccc([N+](=O)[O-])cn1. The fourth-order valence-corrected chi connectivity index (χ4v) is 2.90. The number of benzene rings is 2. The highest BCUT2D eigenvalue weighted by atomic mass is 16.6. The number of nitrogens with zero attached hydrogens (tertiary/aromatic N) is 4. The molecule has 4 aromatic rings. The van der Waals surface area contributed by atoms with E-state index in [9.17, 15) is 20.0 Å². The Hall–Kier alpha value is -4.33. The second-order valence-electron chi connectivity index (χ2n) is 6.19. The van der Waals surface area contributed by atoms with Gasteiger partial charge in [-0.2, -0.15) is 0 Å². The second-order valence-corrected chi connectivity index (χ2v) is 6.19. The number of hydrogen-bond donors (Lipinski definition) is 1. The molecule has 4 rings (SSSR count). The van der Waals surface area contributed by atoms with Crippen LogP contribution in [-0.4, -0.2) is 24.6 Å². The Labute approximate surface area is 164 Å². The summed E-state index contributed by atoms with van der Waals surface area (Å²) < 4.78 is 1.30. The minimum atomic E-state index is -0.555. The van der Waals surface area contributed by atoms with Crippen LogP contribution in [0.2, 0.25) is 0 Å². The average Bonchev–Trinajstić information content (AvgIpc) is 2.72. The summed E-state index contributed by atoms with van der Waals surface area (Å²) in [7, 11) is 0. The van der Waals surface area contributed by atoms with Crippen LogP contribution in [0.4, 0.5) is 5.69 Å². The third-order valence-corrected chi connectivity index (χ3v) is 4.27. The van der Waals surface area contributed by atoms with E-state index in [-0.39, 0.29) is 22.8 Å². The van der Waals surface area contributed by atoms with Crippen LogP contribution in [0.25, 0.3) is 28.9 Å². The Morgan fingerprint density at radius 2 is 1.86 bits per heavy atom. The molecule has 0 unspecified atom stereocenters. The molecule has 0 spiro atoms. The monoisotopic (exact) mass is 386 g/mol. The molecule has 0 bridgehead atoms. The predicted octanol–water partition coefficient (Wildman–Crippen LogP) is 3.56. The van der Waals surface area contributed by atoms with Crippen LogP contribution in [0.15, 0.2) is 71.7 Å². The van der Waals surface area contributed by atoms with Crippen LogP contribution >= 0.6 is 0 Å². The largest absolute Gasteiger partial charge is 0.508 e. The number of aromatic hydroxyl groups is 1. The van der Waals surface area contributed by atoms with Gasteiger partial charge in [-0.05, 0) is 42.0 Å². The average molecular weight is 386 g/mol. The molecule has 1 N–H and O–H groups in total. The van der Waals surface area contributed by atoms with Crippen LogP contribution in [0.1, 0.15) is 11.4 Å². The van der Waals surface area contributed by atoms with Crippen molar-refractivity contribution < 1.29 is 10.0 Å². The number of para-hydroxylation sites is 1. The molecule has 2 aromatic carbocycles. The second kappa shape index (κ2) is 7.35. The topological polar surface area (TPSA) is 111 Å². The molecular formula is C21H14N4O4. The molecular weight excluding hydrogens is 372 g/mol. The van der Waals surface area contributed by atoms with E-state index in [1.807, 2.05) is 0 Å². The summed E-state index contributed by atoms with van der Waals surface area (Å²) in [4.78, 5) is 32.1. The van der Waals surface area contributed by atoms with Crippen molar-refractivity contribution in [3.8, 4) is 11.6 Å². The minimum Gasteiger partial charge on any atom is -0.508 e. The lowest BCUT2D eigenvalue weighted by Gasteiger charge is -2.10. The molecule has 0 atom stereocenters. The molecule has 2 heterocycles. The maximum absolute atomic E-state index is 13.1. The van der Waals surface area contributed by atoms with Crippen molar-refractivity contribution in [3.63, 3.8) is 0 Å². The first-order chi connectivity index (χ1) is 14.0. The lowest BCUT2D eigenvalue weighted by molar-refractivity contribution is -0.385. The summed E-state index contributed by atoms with van der Waals surface area (Å²) in [5.41, 5.74) is 0.724. The quantitative estimate of drug-likeness (QED) is 0.424. The fourth-order valence-electron chi connectivity index (χ4n) is 2.90. The first kappa shape index (κ1) is 18.1. The zero-order chi connectivity index (χ0) is 20.4. The van der Waals surface area contributed by atoms with Gasteiger partial charge in [0.1, 0.15) is 23.6 Å². The number of phenolic OH excluding ortho intramolecular Hbond substituents is 1. The number of nitro groups is 1. The number of rotatable bonds is 4. The van der Waals surface area contributed by atoms with Crippen LogP contribution in [0.5, 0.6) is 5.75 Å². The lowest BCUT2D eigenvalue weighted by atomic mass is 10.2. The van der Waals surface area contributed by atoms with Crippen molar-refractivity contribution in [2.45, 2.75) is 0 Å². The van der Waals surface area contributed by atoms with Gasteiger partial charge >= 0.3 is 0 Å². The van der Waals surface area contributed by atoms with E-state index >= 15 is 0 Å². The number of hydrogen-bond acceptors (Lipinski definition) is 6. The Balaban J connectivity index is 1.91. The van der Waals surface area contributed by atoms with Gasteiger partial charge in [-0.25, -0.2) is 14.5 Å². The number of aromatic nitrogens is 3. The molecule has 0 aliphatic rings. The van der Waals surface area contributed by atoms with Gasteiger partial charge in [0, 0.05) is 6.07 Å². The van der Waals surface area contributed by atoms with E-state index in [2.05, 4.69) is 9.97 Å². The molecule has 2 aromatic heterocycles. The highest BCUT2D eigenvalue weighted by Crippen LogP contribution is 2.17. The Kier molecular flexibility index (Phi) is 4.58. The molecule has 0 aliphatic heterocycles. The summed E-state index contributed by atoms with van der Waals surface area (Å²) in [6.07, 6.45) is 4.43. The number of phenols is 1. The van der Waals surface area contributed by atoms with Crippen molar-refractivity contribution in [2.24, 2.45) is 0 Å². The van der Waals surface area contributed by atoms with Crippen LogP contribution < -0.4 is 5.56 Å². The summed E-state index contributed by atoms with van der Waals surface area (Å²) in [5.74, 6) is 0.640. The lowest BCUT2D eigenvalue weighted by Crippen LogP contribution is -2.23. The third kappa shape index (κ3) is 3.59. The molecule has 0 saturated carbocycles. The van der Waals surface area contributed by atoms with E-state index < -0.39 is 4.92 Å². The Bertz CT molecular complexity index is 1310. The summed E-state index contributed by atoms with van der Waals surface area (Å²) in [6, 6.07) is 16.2. The molecule has 142 valence electrons. The molecule has 8 nitrogen and oxygen atoms in total. The minimum absolute atomic E-state index is 0.119. The summed E-state index contributed by atoms with van der Waals surface area (Å²) in [5, 5.41) is 20.9. The maximum Gasteiger partial charge on any atom is 0.287 e. The normalized spacial score (nSPS) is 11.2. The molecule has 0 aliphatic carbocycles. The maximum atomic E-state index is 13.1. The van der Waals surface area contributed by atoms with Gasteiger partial charge in [-0.1, -0.05) is 30.3 Å². The molecule has 29 heavy (non-hydrogen) atoms. The predicted molar refractivity (Wildman–Crippen MR) is 109 cm³/mol. The van der Waals surface area contributed by atoms with Gasteiger partial charge in [-0.3, -0.25) is 14.9 Å². The smallest absolute Gasteiger partial charge is 0.287 e. The van der Waals surface area contributed by atoms with Crippen molar-refractivity contribution in [1.29, 1.82) is 0 Å². The van der Waals surface area contributed by atoms with Gasteiger partial charge in [0.15, 0.2) is 0 Å². The summed E-state index contributed by atoms with van der Waals surface area (Å²) in [6.45, 7) is 0. The van der Waals surface area contributed by atoms with E-state index in [1.54, 1.807) is 60.7 Å². The molecule has 0 saturated heterocycles. The third-order valence-electron chi connectivity index (χ3n) is 4.27. The van der Waals surface area contributed by atoms with E-state index in [4.69, 9.17) is 0 Å². The van der Waals surface area contributed by atoms with Crippen molar-refractivity contribution >= 4 is 28.7 Å². The van der Waals surface area contributed by atoms with Gasteiger partial charge in [0.25, 0.3) is 11.2 Å². The summed E-state index contributed by atoms with van der Waals surface area (Å²) >= 11 is 0. The molecule has 0 radical (unpaired) electrons. The van der Waals surface area contributed by atoms with Gasteiger partial charge < -0.3 is 5.11 Å². The Morgan fingerprint density at radius 1 is 1.03 bits per heavy atom. The first-order valence-corrected chi connectivity index (χ1v) is 8.63. The fraction of sp³-hybridized carbons (Fsp3) is 0. The first-order valence-electron chi connectivity index (χ1n) is 8.63. The van der Waals surface area contributed by atoms with Crippen molar-refractivity contribution in [1.82, 2.24) is 14.5 Å². The zero-order valence-corrected chi connectivity index (χ0v) is 15.0.